The molecule has 0 heterocycles. The summed E-state index contributed by atoms with van der Waals surface area (Å²) in [5.74, 6) is -0.404. The van der Waals surface area contributed by atoms with Crippen LogP contribution in [0.2, 0.25) is 5.02 Å². The van der Waals surface area contributed by atoms with Gasteiger partial charge in [-0.25, -0.2) is 0 Å². The summed E-state index contributed by atoms with van der Waals surface area (Å²) < 4.78 is 0. The summed E-state index contributed by atoms with van der Waals surface area (Å²) in [5, 5.41) is 11.8. The Morgan fingerprint density at radius 3 is 2.59 bits per heavy atom. The van der Waals surface area contributed by atoms with E-state index in [0.29, 0.717) is 21.8 Å². The SMILES string of the molecule is N#Cc1ccc(Cl)cc1NC(=O)CSC(=O)c1ccccc1. The first-order chi connectivity index (χ1) is 10.6. The second kappa shape index (κ2) is 7.64. The van der Waals surface area contributed by atoms with Crippen molar-refractivity contribution in [3.63, 3.8) is 0 Å². The number of anilines is 1. The molecule has 0 aliphatic heterocycles. The summed E-state index contributed by atoms with van der Waals surface area (Å²) in [6.45, 7) is 0. The van der Waals surface area contributed by atoms with Crippen molar-refractivity contribution in [1.82, 2.24) is 0 Å². The zero-order valence-electron chi connectivity index (χ0n) is 11.4. The van der Waals surface area contributed by atoms with Crippen molar-refractivity contribution in [3.8, 4) is 6.07 Å². The number of carbonyl (C=O) groups is 2. The van der Waals surface area contributed by atoms with Crippen molar-refractivity contribution < 1.29 is 9.59 Å². The molecule has 110 valence electrons. The minimum Gasteiger partial charge on any atom is -0.324 e. The van der Waals surface area contributed by atoms with Gasteiger partial charge in [-0.3, -0.25) is 9.59 Å². The molecular formula is C16H11ClN2O2S. The maximum Gasteiger partial charge on any atom is 0.234 e. The van der Waals surface area contributed by atoms with Crippen molar-refractivity contribution in [2.45, 2.75) is 0 Å². The van der Waals surface area contributed by atoms with E-state index >= 15 is 0 Å². The average Bonchev–Trinajstić information content (AvgIpc) is 2.53. The largest absolute Gasteiger partial charge is 0.324 e. The minimum atomic E-state index is -0.368. The molecule has 0 fully saturated rings. The number of nitriles is 1. The van der Waals surface area contributed by atoms with Crippen LogP contribution in [0.3, 0.4) is 0 Å². The normalized spacial score (nSPS) is 9.82. The number of thioether (sulfide) groups is 1. The molecule has 0 saturated carbocycles. The van der Waals surface area contributed by atoms with E-state index in [2.05, 4.69) is 5.32 Å². The zero-order chi connectivity index (χ0) is 15.9. The van der Waals surface area contributed by atoms with Gasteiger partial charge in [-0.1, -0.05) is 53.7 Å². The molecule has 1 N–H and O–H groups in total. The van der Waals surface area contributed by atoms with Gasteiger partial charge < -0.3 is 5.32 Å². The van der Waals surface area contributed by atoms with Gasteiger partial charge in [-0.15, -0.1) is 0 Å². The van der Waals surface area contributed by atoms with Gasteiger partial charge in [0.25, 0.3) is 0 Å². The van der Waals surface area contributed by atoms with Gasteiger partial charge in [0.05, 0.1) is 17.0 Å². The lowest BCUT2D eigenvalue weighted by molar-refractivity contribution is -0.113. The van der Waals surface area contributed by atoms with Crippen LogP contribution in [0.1, 0.15) is 15.9 Å². The molecule has 2 rings (SSSR count). The van der Waals surface area contributed by atoms with Crippen LogP contribution in [-0.2, 0) is 4.79 Å². The number of carbonyl (C=O) groups excluding carboxylic acids is 2. The molecule has 0 bridgehead atoms. The fourth-order valence-corrected chi connectivity index (χ4v) is 2.50. The van der Waals surface area contributed by atoms with Crippen molar-refractivity contribution >= 4 is 40.1 Å². The number of hydrogen-bond acceptors (Lipinski definition) is 4. The summed E-state index contributed by atoms with van der Waals surface area (Å²) in [7, 11) is 0. The number of nitrogens with one attached hydrogen (secondary N) is 1. The quantitative estimate of drug-likeness (QED) is 0.927. The van der Waals surface area contributed by atoms with E-state index in [9.17, 15) is 9.59 Å². The molecule has 4 nitrogen and oxygen atoms in total. The molecule has 2 aromatic rings. The Kier molecular flexibility index (Phi) is 5.59. The van der Waals surface area contributed by atoms with Gasteiger partial charge in [-0.05, 0) is 18.2 Å². The van der Waals surface area contributed by atoms with Gasteiger partial charge in [0.2, 0.25) is 11.0 Å². The predicted molar refractivity (Wildman–Crippen MR) is 88.0 cm³/mol. The van der Waals surface area contributed by atoms with Crippen molar-refractivity contribution in [3.05, 3.63) is 64.7 Å². The molecule has 0 aromatic heterocycles. The molecule has 1 amide bonds. The zero-order valence-corrected chi connectivity index (χ0v) is 12.9. The van der Waals surface area contributed by atoms with E-state index in [-0.39, 0.29) is 16.8 Å². The van der Waals surface area contributed by atoms with Gasteiger partial charge in [0, 0.05) is 10.6 Å². The topological polar surface area (TPSA) is 70.0 Å². The van der Waals surface area contributed by atoms with E-state index in [1.54, 1.807) is 30.3 Å². The van der Waals surface area contributed by atoms with Crippen molar-refractivity contribution in [1.29, 1.82) is 5.26 Å². The first-order valence-electron chi connectivity index (χ1n) is 6.32. The van der Waals surface area contributed by atoms with E-state index in [1.807, 2.05) is 12.1 Å². The third-order valence-electron chi connectivity index (χ3n) is 2.72. The van der Waals surface area contributed by atoms with Crippen molar-refractivity contribution in [2.24, 2.45) is 0 Å². The van der Waals surface area contributed by atoms with Crippen LogP contribution in [0, 0.1) is 11.3 Å². The number of amides is 1. The van der Waals surface area contributed by atoms with Crippen LogP contribution in [0.25, 0.3) is 0 Å². The Morgan fingerprint density at radius 1 is 1.18 bits per heavy atom. The number of benzene rings is 2. The Morgan fingerprint density at radius 2 is 1.91 bits per heavy atom. The Bertz CT molecular complexity index is 742. The lowest BCUT2D eigenvalue weighted by Gasteiger charge is -2.07. The fraction of sp³-hybridized carbons (Fsp3) is 0.0625. The molecule has 0 aliphatic rings. The lowest BCUT2D eigenvalue weighted by atomic mass is 10.2. The highest BCUT2D eigenvalue weighted by molar-refractivity contribution is 8.14. The van der Waals surface area contributed by atoms with Gasteiger partial charge in [0.1, 0.15) is 6.07 Å². The predicted octanol–water partition coefficient (Wildman–Crippen LogP) is 3.72. The number of halogens is 1. The molecule has 0 saturated heterocycles. The monoisotopic (exact) mass is 330 g/mol. The third kappa shape index (κ3) is 4.35. The van der Waals surface area contributed by atoms with Crippen molar-refractivity contribution in [2.75, 3.05) is 11.1 Å². The fourth-order valence-electron chi connectivity index (χ4n) is 1.69. The number of nitrogens with zero attached hydrogens (tertiary/aromatic N) is 1. The van der Waals surface area contributed by atoms with Gasteiger partial charge in [0.15, 0.2) is 0 Å². The van der Waals surface area contributed by atoms with E-state index in [4.69, 9.17) is 16.9 Å². The first kappa shape index (κ1) is 16.1. The summed E-state index contributed by atoms with van der Waals surface area (Å²) in [6, 6.07) is 15.3. The van der Waals surface area contributed by atoms with Crippen LogP contribution in [0.5, 0.6) is 0 Å². The summed E-state index contributed by atoms with van der Waals surface area (Å²) in [6.07, 6.45) is 0. The van der Waals surface area contributed by atoms with E-state index < -0.39 is 0 Å². The van der Waals surface area contributed by atoms with Crippen LogP contribution in [0.4, 0.5) is 5.69 Å². The standard InChI is InChI=1S/C16H11ClN2O2S/c17-13-7-6-12(9-18)14(8-13)19-15(20)10-22-16(21)11-4-2-1-3-5-11/h1-8H,10H2,(H,19,20). The molecule has 0 spiro atoms. The molecule has 0 unspecified atom stereocenters. The maximum atomic E-state index is 11.9. The molecule has 22 heavy (non-hydrogen) atoms. The Labute approximate surface area is 137 Å². The smallest absolute Gasteiger partial charge is 0.234 e. The summed E-state index contributed by atoms with van der Waals surface area (Å²) >= 11 is 6.75. The average molecular weight is 331 g/mol. The molecule has 0 aliphatic carbocycles. The molecule has 6 heteroatoms. The highest BCUT2D eigenvalue weighted by Crippen LogP contribution is 2.21. The van der Waals surface area contributed by atoms with Gasteiger partial charge in [-0.2, -0.15) is 5.26 Å². The highest BCUT2D eigenvalue weighted by Gasteiger charge is 2.11. The lowest BCUT2D eigenvalue weighted by Crippen LogP contribution is -2.16. The summed E-state index contributed by atoms with van der Waals surface area (Å²) in [4.78, 5) is 23.8. The third-order valence-corrected chi connectivity index (χ3v) is 3.86. The van der Waals surface area contributed by atoms with Crippen LogP contribution in [-0.4, -0.2) is 16.8 Å². The van der Waals surface area contributed by atoms with Crippen LogP contribution in [0.15, 0.2) is 48.5 Å². The van der Waals surface area contributed by atoms with Crippen LogP contribution >= 0.6 is 23.4 Å². The minimum absolute atomic E-state index is 0.0366. The van der Waals surface area contributed by atoms with Gasteiger partial charge >= 0.3 is 0 Å². The van der Waals surface area contributed by atoms with Crippen LogP contribution < -0.4 is 5.32 Å². The molecule has 2 aromatic carbocycles. The second-order valence-electron chi connectivity index (χ2n) is 4.29. The second-order valence-corrected chi connectivity index (χ2v) is 5.68. The molecular weight excluding hydrogens is 320 g/mol. The first-order valence-corrected chi connectivity index (χ1v) is 7.68. The number of hydrogen-bond donors (Lipinski definition) is 1. The molecule has 0 atom stereocenters. The van der Waals surface area contributed by atoms with E-state index in [0.717, 1.165) is 11.8 Å². The number of rotatable bonds is 4. The summed E-state index contributed by atoms with van der Waals surface area (Å²) in [5.41, 5.74) is 1.20. The molecule has 0 radical (unpaired) electrons. The highest BCUT2D eigenvalue weighted by atomic mass is 35.5. The van der Waals surface area contributed by atoms with E-state index in [1.165, 1.54) is 12.1 Å². The Balaban J connectivity index is 1.95. The maximum absolute atomic E-state index is 11.9. The Hall–Kier alpha value is -2.29.